The highest BCUT2D eigenvalue weighted by molar-refractivity contribution is 5.91. The topological polar surface area (TPSA) is 130 Å². The van der Waals surface area contributed by atoms with Gasteiger partial charge in [-0.1, -0.05) is 12.1 Å². The molecule has 4 rings (SSSR count). The molecule has 11 nitrogen and oxygen atoms in total. The molecule has 0 fully saturated rings. The fourth-order valence-electron chi connectivity index (χ4n) is 3.83. The summed E-state index contributed by atoms with van der Waals surface area (Å²) in [5.74, 6) is 1.44. The molecule has 3 aromatic carbocycles. The van der Waals surface area contributed by atoms with E-state index in [1.54, 1.807) is 48.5 Å². The van der Waals surface area contributed by atoms with Crippen LogP contribution in [0.5, 0.6) is 34.5 Å². The number of nitrogens with zero attached hydrogens (tertiary/aromatic N) is 2. The lowest BCUT2D eigenvalue weighted by Gasteiger charge is -2.15. The summed E-state index contributed by atoms with van der Waals surface area (Å²) in [6.07, 6.45) is 3.01. The van der Waals surface area contributed by atoms with Gasteiger partial charge >= 0.3 is 0 Å². The van der Waals surface area contributed by atoms with Crippen LogP contribution < -0.4 is 18.9 Å². The number of aromatic hydroxyl groups is 2. The third-order valence-electron chi connectivity index (χ3n) is 5.94. The first-order valence-corrected chi connectivity index (χ1v) is 13.1. The van der Waals surface area contributed by atoms with E-state index in [0.717, 1.165) is 0 Å². The van der Waals surface area contributed by atoms with E-state index < -0.39 is 0 Å². The number of rotatable bonds is 6. The Labute approximate surface area is 238 Å². The second-order valence-corrected chi connectivity index (χ2v) is 8.63. The SMILES string of the molecule is COc1cccc(C=Nc2cc3c(cc2N=Cc2cccc(OC)c2O)OCCOCCOCCOCCO3)c1O. The molecule has 3 aromatic rings. The summed E-state index contributed by atoms with van der Waals surface area (Å²) < 4.78 is 39.0. The Morgan fingerprint density at radius 3 is 1.39 bits per heavy atom. The molecule has 0 bridgehead atoms. The molecule has 0 aromatic heterocycles. The van der Waals surface area contributed by atoms with E-state index in [1.807, 2.05) is 0 Å². The Morgan fingerprint density at radius 1 is 0.610 bits per heavy atom. The van der Waals surface area contributed by atoms with Crippen molar-refractivity contribution < 1.29 is 43.4 Å². The van der Waals surface area contributed by atoms with E-state index in [4.69, 9.17) is 33.2 Å². The van der Waals surface area contributed by atoms with Gasteiger partial charge in [-0.15, -0.1) is 0 Å². The van der Waals surface area contributed by atoms with Gasteiger partial charge in [0.2, 0.25) is 0 Å². The van der Waals surface area contributed by atoms with Crippen LogP contribution >= 0.6 is 0 Å². The molecular formula is C30H34N2O9. The van der Waals surface area contributed by atoms with Gasteiger partial charge in [0, 0.05) is 35.7 Å². The predicted octanol–water partition coefficient (Wildman–Crippen LogP) is 4.44. The van der Waals surface area contributed by atoms with Gasteiger partial charge in [0.15, 0.2) is 34.5 Å². The molecule has 0 saturated carbocycles. The average molecular weight is 567 g/mol. The largest absolute Gasteiger partial charge is 0.504 e. The summed E-state index contributed by atoms with van der Waals surface area (Å²) in [6.45, 7) is 3.07. The number of hydrogen-bond acceptors (Lipinski definition) is 11. The Kier molecular flexibility index (Phi) is 11.2. The van der Waals surface area contributed by atoms with Gasteiger partial charge in [-0.05, 0) is 24.3 Å². The van der Waals surface area contributed by atoms with Crippen LogP contribution in [-0.4, -0.2) is 89.7 Å². The van der Waals surface area contributed by atoms with E-state index >= 15 is 0 Å². The zero-order chi connectivity index (χ0) is 28.9. The van der Waals surface area contributed by atoms with Crippen LogP contribution in [0.25, 0.3) is 0 Å². The van der Waals surface area contributed by atoms with Gasteiger partial charge in [0.25, 0.3) is 0 Å². The smallest absolute Gasteiger partial charge is 0.166 e. The number of phenols is 2. The lowest BCUT2D eigenvalue weighted by Crippen LogP contribution is -2.13. The number of ether oxygens (including phenoxy) is 7. The predicted molar refractivity (Wildman–Crippen MR) is 154 cm³/mol. The first kappa shape index (κ1) is 29.7. The molecule has 0 amide bonds. The monoisotopic (exact) mass is 566 g/mol. The molecule has 11 heteroatoms. The van der Waals surface area contributed by atoms with Crippen molar-refractivity contribution in [2.45, 2.75) is 0 Å². The van der Waals surface area contributed by atoms with Crippen molar-refractivity contribution in [3.63, 3.8) is 0 Å². The van der Waals surface area contributed by atoms with E-state index in [0.29, 0.717) is 85.1 Å². The summed E-state index contributed by atoms with van der Waals surface area (Å²) in [7, 11) is 2.96. The van der Waals surface area contributed by atoms with Crippen molar-refractivity contribution in [1.29, 1.82) is 0 Å². The minimum absolute atomic E-state index is 0.0417. The van der Waals surface area contributed by atoms with Gasteiger partial charge in [-0.25, -0.2) is 0 Å². The maximum atomic E-state index is 10.5. The Balaban J connectivity index is 1.72. The zero-order valence-electron chi connectivity index (χ0n) is 23.1. The van der Waals surface area contributed by atoms with E-state index in [9.17, 15) is 10.2 Å². The molecule has 1 aliphatic heterocycles. The number of hydrogen-bond donors (Lipinski definition) is 2. The van der Waals surface area contributed by atoms with Gasteiger partial charge in [0.1, 0.15) is 13.2 Å². The minimum atomic E-state index is -0.0417. The summed E-state index contributed by atoms with van der Waals surface area (Å²) >= 11 is 0. The second-order valence-electron chi connectivity index (χ2n) is 8.63. The van der Waals surface area contributed by atoms with Crippen molar-refractivity contribution in [2.24, 2.45) is 9.98 Å². The van der Waals surface area contributed by atoms with E-state index in [-0.39, 0.29) is 24.7 Å². The summed E-state index contributed by atoms with van der Waals surface area (Å²) in [5.41, 5.74) is 1.75. The first-order valence-electron chi connectivity index (χ1n) is 13.1. The normalized spacial score (nSPS) is 15.4. The Morgan fingerprint density at radius 2 is 1.00 bits per heavy atom. The molecule has 218 valence electrons. The van der Waals surface area contributed by atoms with E-state index in [2.05, 4.69) is 9.98 Å². The maximum absolute atomic E-state index is 10.5. The van der Waals surface area contributed by atoms with Gasteiger partial charge in [0.05, 0.1) is 65.2 Å². The van der Waals surface area contributed by atoms with Crippen molar-refractivity contribution in [3.8, 4) is 34.5 Å². The summed E-state index contributed by atoms with van der Waals surface area (Å²) in [5, 5.41) is 21.1. The number of para-hydroxylation sites is 2. The average Bonchev–Trinajstić information content (AvgIpc) is 2.99. The van der Waals surface area contributed by atoms with Gasteiger partial charge in [-0.2, -0.15) is 0 Å². The standard InChI is InChI=1S/C30H34N2O9/c1-35-25-7-3-5-21(29(25)33)19-31-23-17-27-28(41-16-14-39-12-10-37-9-11-38-13-15-40-27)18-24(23)32-20-22-6-4-8-26(36-2)30(22)34/h3-8,17-20,33-34H,9-16H2,1-2H3. The second kappa shape index (κ2) is 15.5. The highest BCUT2D eigenvalue weighted by Gasteiger charge is 2.14. The van der Waals surface area contributed by atoms with Crippen LogP contribution in [0.4, 0.5) is 11.4 Å². The van der Waals surface area contributed by atoms with Crippen LogP contribution in [-0.2, 0) is 14.2 Å². The summed E-state index contributed by atoms with van der Waals surface area (Å²) in [6, 6.07) is 13.6. The van der Waals surface area contributed by atoms with Crippen molar-refractivity contribution in [3.05, 3.63) is 59.7 Å². The van der Waals surface area contributed by atoms with Crippen molar-refractivity contribution in [2.75, 3.05) is 67.1 Å². The fourth-order valence-corrected chi connectivity index (χ4v) is 3.83. The first-order chi connectivity index (χ1) is 20.1. The zero-order valence-corrected chi connectivity index (χ0v) is 23.1. The minimum Gasteiger partial charge on any atom is -0.504 e. The lowest BCUT2D eigenvalue weighted by molar-refractivity contribution is 0.00708. The molecule has 0 saturated heterocycles. The molecule has 0 unspecified atom stereocenters. The number of aliphatic imine (C=N–C) groups is 2. The van der Waals surface area contributed by atoms with Gasteiger partial charge in [-0.3, -0.25) is 9.98 Å². The Hall–Kier alpha value is -4.32. The highest BCUT2D eigenvalue weighted by Crippen LogP contribution is 2.41. The summed E-state index contributed by atoms with van der Waals surface area (Å²) in [4.78, 5) is 9.22. The van der Waals surface area contributed by atoms with E-state index in [1.165, 1.54) is 26.6 Å². The third-order valence-corrected chi connectivity index (χ3v) is 5.94. The molecule has 0 aliphatic carbocycles. The van der Waals surface area contributed by atoms with Crippen LogP contribution in [0.15, 0.2) is 58.5 Å². The molecule has 0 radical (unpaired) electrons. The fraction of sp³-hybridized carbons (Fsp3) is 0.333. The maximum Gasteiger partial charge on any atom is 0.166 e. The van der Waals surface area contributed by atoms with Crippen LogP contribution in [0.2, 0.25) is 0 Å². The number of phenolic OH excluding ortho intramolecular Hbond substituents is 2. The highest BCUT2D eigenvalue weighted by atomic mass is 16.6. The number of benzene rings is 3. The molecule has 0 spiro atoms. The number of fused-ring (bicyclic) bond motifs is 1. The molecule has 1 heterocycles. The quantitative estimate of drug-likeness (QED) is 0.416. The third kappa shape index (κ3) is 8.34. The van der Waals surface area contributed by atoms with Crippen LogP contribution in [0.3, 0.4) is 0 Å². The van der Waals surface area contributed by atoms with Crippen molar-refractivity contribution in [1.82, 2.24) is 0 Å². The van der Waals surface area contributed by atoms with Crippen molar-refractivity contribution >= 4 is 23.8 Å². The molecule has 1 aliphatic rings. The molecular weight excluding hydrogens is 532 g/mol. The molecule has 2 N–H and O–H groups in total. The molecule has 41 heavy (non-hydrogen) atoms. The Bertz CT molecular complexity index is 1240. The lowest BCUT2D eigenvalue weighted by atomic mass is 10.2. The molecule has 0 atom stereocenters. The van der Waals surface area contributed by atoms with Crippen LogP contribution in [0.1, 0.15) is 11.1 Å². The number of methoxy groups -OCH3 is 2. The van der Waals surface area contributed by atoms with Gasteiger partial charge < -0.3 is 43.4 Å². The van der Waals surface area contributed by atoms with Crippen LogP contribution in [0, 0.1) is 0 Å².